The van der Waals surface area contributed by atoms with E-state index in [0.29, 0.717) is 45.5 Å². The highest BCUT2D eigenvalue weighted by Gasteiger charge is 2.21. The molecule has 3 rings (SSSR count). The van der Waals surface area contributed by atoms with Crippen molar-refractivity contribution in [2.24, 2.45) is 0 Å². The van der Waals surface area contributed by atoms with Crippen molar-refractivity contribution in [2.75, 3.05) is 25.3 Å². The van der Waals surface area contributed by atoms with Crippen LogP contribution in [0.2, 0.25) is 10.0 Å². The molecule has 0 aliphatic carbocycles. The molecule has 3 aromatic rings. The molecule has 12 heteroatoms. The Morgan fingerprint density at radius 1 is 1.17 bits per heavy atom. The fourth-order valence-corrected chi connectivity index (χ4v) is 4.29. The molecule has 0 spiro atoms. The molecular weight excluding hydrogens is 518 g/mol. The topological polar surface area (TPSA) is 87.5 Å². The van der Waals surface area contributed by atoms with E-state index >= 15 is 0 Å². The molecule has 1 unspecified atom stereocenters. The van der Waals surface area contributed by atoms with Crippen molar-refractivity contribution in [3.05, 3.63) is 64.7 Å². The molecule has 2 aromatic carbocycles. The minimum absolute atomic E-state index is 0.0440. The maximum Gasteiger partial charge on any atom is 0.234 e. The lowest BCUT2D eigenvalue weighted by Gasteiger charge is -2.16. The van der Waals surface area contributed by atoms with Gasteiger partial charge in [0.25, 0.3) is 0 Å². The summed E-state index contributed by atoms with van der Waals surface area (Å²) in [5, 5.41) is 12.2. The van der Waals surface area contributed by atoms with Crippen LogP contribution in [0.15, 0.2) is 48.1 Å². The number of ether oxygens (including phenoxy) is 3. The van der Waals surface area contributed by atoms with Crippen LogP contribution in [-0.4, -0.2) is 40.6 Å². The minimum Gasteiger partial charge on any atom is -0.495 e. The van der Waals surface area contributed by atoms with Crippen LogP contribution in [0.3, 0.4) is 0 Å². The fourth-order valence-electron chi connectivity index (χ4n) is 3.10. The molecule has 1 N–H and O–H groups in total. The Labute approximate surface area is 216 Å². The summed E-state index contributed by atoms with van der Waals surface area (Å²) in [5.74, 6) is 0.901. The van der Waals surface area contributed by atoms with Gasteiger partial charge in [0.15, 0.2) is 17.1 Å². The number of benzene rings is 2. The summed E-state index contributed by atoms with van der Waals surface area (Å²) in [4.78, 5) is 12.6. The van der Waals surface area contributed by atoms with Gasteiger partial charge in [0, 0.05) is 18.7 Å². The van der Waals surface area contributed by atoms with Gasteiger partial charge < -0.3 is 19.5 Å². The number of carbonyl (C=O) groups is 1. The number of amides is 1. The summed E-state index contributed by atoms with van der Waals surface area (Å²) in [7, 11) is 2.96. The fraction of sp³-hybridized carbons (Fsp3) is 0.261. The van der Waals surface area contributed by atoms with Crippen LogP contribution in [0, 0.1) is 5.82 Å². The zero-order chi connectivity index (χ0) is 25.5. The summed E-state index contributed by atoms with van der Waals surface area (Å²) < 4.78 is 31.5. The summed E-state index contributed by atoms with van der Waals surface area (Å²) in [6.07, 6.45) is 1.12. The zero-order valence-corrected chi connectivity index (χ0v) is 21.5. The number of nitrogens with one attached hydrogen (secondary N) is 1. The van der Waals surface area contributed by atoms with Gasteiger partial charge in [0.1, 0.15) is 23.1 Å². The number of methoxy groups -OCH3 is 2. The molecular formula is C23H23Cl2FN4O4S. The Balaban J connectivity index is 1.72. The molecule has 186 valence electrons. The third-order valence-corrected chi connectivity index (χ3v) is 6.26. The lowest BCUT2D eigenvalue weighted by atomic mass is 10.2. The smallest absolute Gasteiger partial charge is 0.234 e. The van der Waals surface area contributed by atoms with Crippen molar-refractivity contribution in [2.45, 2.75) is 24.7 Å². The Morgan fingerprint density at radius 2 is 1.89 bits per heavy atom. The van der Waals surface area contributed by atoms with Gasteiger partial charge in [0.2, 0.25) is 5.91 Å². The standard InChI is InChI=1S/C23H23Cl2FN4O4S/c1-5-8-30-22(13(2)34-18-7-6-14(26)9-15(18)24)28-29-23(30)35-12-21(31)27-17-11-19(32-3)16(25)10-20(17)33-4/h5-7,9-11,13H,1,8,12H2,2-4H3,(H,27,31). The number of allylic oxidation sites excluding steroid dienone is 1. The predicted molar refractivity (Wildman–Crippen MR) is 135 cm³/mol. The number of rotatable bonds is 11. The van der Waals surface area contributed by atoms with E-state index < -0.39 is 11.9 Å². The summed E-state index contributed by atoms with van der Waals surface area (Å²) in [6, 6.07) is 7.02. The van der Waals surface area contributed by atoms with Crippen molar-refractivity contribution in [3.63, 3.8) is 0 Å². The number of hydrogen-bond acceptors (Lipinski definition) is 7. The van der Waals surface area contributed by atoms with E-state index in [0.717, 1.165) is 0 Å². The number of carbonyl (C=O) groups excluding carboxylic acids is 1. The van der Waals surface area contributed by atoms with Crippen LogP contribution in [0.1, 0.15) is 18.9 Å². The van der Waals surface area contributed by atoms with Gasteiger partial charge in [-0.25, -0.2) is 4.39 Å². The van der Waals surface area contributed by atoms with E-state index in [2.05, 4.69) is 22.1 Å². The maximum absolute atomic E-state index is 13.3. The average Bonchev–Trinajstić information content (AvgIpc) is 3.23. The van der Waals surface area contributed by atoms with Crippen molar-refractivity contribution in [1.82, 2.24) is 14.8 Å². The molecule has 1 atom stereocenters. The van der Waals surface area contributed by atoms with E-state index in [1.807, 2.05) is 0 Å². The number of halogens is 3. The van der Waals surface area contributed by atoms with Gasteiger partial charge in [-0.3, -0.25) is 9.36 Å². The van der Waals surface area contributed by atoms with Gasteiger partial charge in [-0.1, -0.05) is 41.0 Å². The zero-order valence-electron chi connectivity index (χ0n) is 19.2. The van der Waals surface area contributed by atoms with Gasteiger partial charge in [-0.15, -0.1) is 16.8 Å². The van der Waals surface area contributed by atoms with Crippen LogP contribution in [0.25, 0.3) is 0 Å². The molecule has 8 nitrogen and oxygen atoms in total. The van der Waals surface area contributed by atoms with Gasteiger partial charge in [-0.2, -0.15) is 0 Å². The minimum atomic E-state index is -0.556. The van der Waals surface area contributed by atoms with E-state index in [9.17, 15) is 9.18 Å². The predicted octanol–water partition coefficient (Wildman–Crippen LogP) is 5.80. The number of anilines is 1. The Hall–Kier alpha value is -2.95. The van der Waals surface area contributed by atoms with Crippen LogP contribution < -0.4 is 19.5 Å². The Bertz CT molecular complexity index is 1220. The Kier molecular flexibility index (Phi) is 9.25. The molecule has 1 amide bonds. The number of nitrogens with zero attached hydrogens (tertiary/aromatic N) is 3. The van der Waals surface area contributed by atoms with Crippen molar-refractivity contribution < 1.29 is 23.4 Å². The molecule has 1 aromatic heterocycles. The first-order chi connectivity index (χ1) is 16.8. The second kappa shape index (κ2) is 12.1. The largest absolute Gasteiger partial charge is 0.495 e. The lowest BCUT2D eigenvalue weighted by molar-refractivity contribution is -0.113. The van der Waals surface area contributed by atoms with E-state index in [1.54, 1.807) is 29.7 Å². The van der Waals surface area contributed by atoms with Crippen LogP contribution >= 0.6 is 35.0 Å². The molecule has 35 heavy (non-hydrogen) atoms. The first kappa shape index (κ1) is 26.7. The molecule has 0 saturated heterocycles. The number of hydrogen-bond donors (Lipinski definition) is 1. The van der Waals surface area contributed by atoms with Crippen LogP contribution in [0.5, 0.6) is 17.2 Å². The van der Waals surface area contributed by atoms with Crippen molar-refractivity contribution in [3.8, 4) is 17.2 Å². The second-order valence-corrected chi connectivity index (χ2v) is 8.86. The van der Waals surface area contributed by atoms with Crippen LogP contribution in [-0.2, 0) is 11.3 Å². The highest BCUT2D eigenvalue weighted by atomic mass is 35.5. The van der Waals surface area contributed by atoms with Crippen molar-refractivity contribution in [1.29, 1.82) is 0 Å². The number of aromatic nitrogens is 3. The summed E-state index contributed by atoms with van der Waals surface area (Å²) >= 11 is 13.4. The molecule has 0 aliphatic rings. The number of thioether (sulfide) groups is 1. The van der Waals surface area contributed by atoms with E-state index in [4.69, 9.17) is 37.4 Å². The highest BCUT2D eigenvalue weighted by molar-refractivity contribution is 7.99. The third-order valence-electron chi connectivity index (χ3n) is 4.70. The Morgan fingerprint density at radius 3 is 2.54 bits per heavy atom. The van der Waals surface area contributed by atoms with Gasteiger partial charge in [-0.05, 0) is 25.1 Å². The average molecular weight is 541 g/mol. The molecule has 0 bridgehead atoms. The van der Waals surface area contributed by atoms with E-state index in [-0.39, 0.29) is 16.7 Å². The summed E-state index contributed by atoms with van der Waals surface area (Å²) in [6.45, 7) is 5.93. The molecule has 0 aliphatic heterocycles. The highest BCUT2D eigenvalue weighted by Crippen LogP contribution is 2.36. The monoisotopic (exact) mass is 540 g/mol. The van der Waals surface area contributed by atoms with Gasteiger partial charge in [0.05, 0.1) is 35.7 Å². The molecule has 0 radical (unpaired) electrons. The SMILES string of the molecule is C=CCn1c(SCC(=O)Nc2cc(OC)c(Cl)cc2OC)nnc1C(C)Oc1ccc(F)cc1Cl. The van der Waals surface area contributed by atoms with E-state index in [1.165, 1.54) is 44.2 Å². The normalized spacial score (nSPS) is 11.6. The van der Waals surface area contributed by atoms with Crippen LogP contribution in [0.4, 0.5) is 10.1 Å². The van der Waals surface area contributed by atoms with Crippen molar-refractivity contribution >= 4 is 46.6 Å². The second-order valence-electron chi connectivity index (χ2n) is 7.10. The molecule has 0 fully saturated rings. The van der Waals surface area contributed by atoms with Gasteiger partial charge >= 0.3 is 0 Å². The maximum atomic E-state index is 13.3. The first-order valence-electron chi connectivity index (χ1n) is 10.3. The molecule has 0 saturated carbocycles. The third kappa shape index (κ3) is 6.59. The quantitative estimate of drug-likeness (QED) is 0.243. The first-order valence-corrected chi connectivity index (χ1v) is 12.0. The summed E-state index contributed by atoms with van der Waals surface area (Å²) in [5.41, 5.74) is 0.422. The lowest BCUT2D eigenvalue weighted by Crippen LogP contribution is -2.16. The molecule has 1 heterocycles.